The van der Waals surface area contributed by atoms with Crippen molar-refractivity contribution in [2.24, 2.45) is 0 Å². The molecule has 5 heteroatoms. The highest BCUT2D eigenvalue weighted by atomic mass is 19.1. The number of hydrazine groups is 1. The summed E-state index contributed by atoms with van der Waals surface area (Å²) in [7, 11) is 0. The second kappa shape index (κ2) is 6.25. The maximum atomic E-state index is 13.7. The van der Waals surface area contributed by atoms with Crippen molar-refractivity contribution in [3.8, 4) is 0 Å². The van der Waals surface area contributed by atoms with E-state index in [4.69, 9.17) is 0 Å². The first-order chi connectivity index (χ1) is 10.7. The SMILES string of the molecule is CC1NNC(c2ccccc2)C1NC(=O)c1ccccc1F. The molecule has 1 fully saturated rings. The molecule has 0 bridgehead atoms. The zero-order valence-corrected chi connectivity index (χ0v) is 12.2. The van der Waals surface area contributed by atoms with E-state index >= 15 is 0 Å². The zero-order chi connectivity index (χ0) is 15.5. The number of benzene rings is 2. The fourth-order valence-electron chi connectivity index (χ4n) is 2.72. The van der Waals surface area contributed by atoms with Gasteiger partial charge in [-0.3, -0.25) is 10.2 Å². The number of amides is 1. The number of rotatable bonds is 3. The molecule has 3 rings (SSSR count). The predicted octanol–water partition coefficient (Wildman–Crippen LogP) is 2.16. The van der Waals surface area contributed by atoms with Crippen molar-refractivity contribution in [3.63, 3.8) is 0 Å². The molecule has 114 valence electrons. The summed E-state index contributed by atoms with van der Waals surface area (Å²) in [4.78, 5) is 12.3. The van der Waals surface area contributed by atoms with Crippen molar-refractivity contribution >= 4 is 5.91 Å². The first kappa shape index (κ1) is 14.7. The quantitative estimate of drug-likeness (QED) is 0.814. The molecule has 1 saturated heterocycles. The van der Waals surface area contributed by atoms with E-state index in [1.807, 2.05) is 37.3 Å². The highest BCUT2D eigenvalue weighted by molar-refractivity contribution is 5.94. The molecule has 0 radical (unpaired) electrons. The molecule has 1 amide bonds. The molecule has 4 nitrogen and oxygen atoms in total. The molecule has 3 N–H and O–H groups in total. The lowest BCUT2D eigenvalue weighted by Crippen LogP contribution is -2.44. The van der Waals surface area contributed by atoms with Gasteiger partial charge in [0.1, 0.15) is 5.82 Å². The number of carbonyl (C=O) groups excluding carboxylic acids is 1. The van der Waals surface area contributed by atoms with Gasteiger partial charge in [-0.2, -0.15) is 0 Å². The van der Waals surface area contributed by atoms with Crippen LogP contribution < -0.4 is 16.2 Å². The smallest absolute Gasteiger partial charge is 0.254 e. The Morgan fingerprint density at radius 1 is 1.05 bits per heavy atom. The van der Waals surface area contributed by atoms with Gasteiger partial charge in [-0.25, -0.2) is 9.82 Å². The van der Waals surface area contributed by atoms with Crippen LogP contribution in [0.2, 0.25) is 0 Å². The van der Waals surface area contributed by atoms with Crippen molar-refractivity contribution in [1.29, 1.82) is 0 Å². The fourth-order valence-corrected chi connectivity index (χ4v) is 2.72. The molecule has 0 saturated carbocycles. The van der Waals surface area contributed by atoms with Gasteiger partial charge >= 0.3 is 0 Å². The van der Waals surface area contributed by atoms with Crippen molar-refractivity contribution in [2.45, 2.75) is 25.0 Å². The van der Waals surface area contributed by atoms with Gasteiger partial charge in [0.2, 0.25) is 0 Å². The van der Waals surface area contributed by atoms with Gasteiger partial charge in [0.05, 0.1) is 17.6 Å². The molecule has 1 aliphatic rings. The van der Waals surface area contributed by atoms with Crippen LogP contribution in [0.5, 0.6) is 0 Å². The van der Waals surface area contributed by atoms with Crippen LogP contribution in [0.1, 0.15) is 28.9 Å². The van der Waals surface area contributed by atoms with E-state index in [9.17, 15) is 9.18 Å². The predicted molar refractivity (Wildman–Crippen MR) is 82.6 cm³/mol. The first-order valence-electron chi connectivity index (χ1n) is 7.28. The van der Waals surface area contributed by atoms with E-state index in [0.717, 1.165) is 5.56 Å². The van der Waals surface area contributed by atoms with Crippen LogP contribution in [-0.2, 0) is 0 Å². The minimum absolute atomic E-state index is 0.0286. The molecule has 2 aromatic carbocycles. The second-order valence-electron chi connectivity index (χ2n) is 5.44. The summed E-state index contributed by atoms with van der Waals surface area (Å²) in [5, 5.41) is 2.93. The minimum Gasteiger partial charge on any atom is -0.346 e. The third kappa shape index (κ3) is 2.86. The van der Waals surface area contributed by atoms with Crippen LogP contribution >= 0.6 is 0 Å². The van der Waals surface area contributed by atoms with Gasteiger partial charge in [-0.1, -0.05) is 42.5 Å². The molecule has 0 aliphatic carbocycles. The van der Waals surface area contributed by atoms with Crippen molar-refractivity contribution in [3.05, 3.63) is 71.5 Å². The number of hydrogen-bond acceptors (Lipinski definition) is 3. The topological polar surface area (TPSA) is 53.2 Å². The summed E-state index contributed by atoms with van der Waals surface area (Å²) in [6, 6.07) is 15.7. The second-order valence-corrected chi connectivity index (χ2v) is 5.44. The minimum atomic E-state index is -0.511. The summed E-state index contributed by atoms with van der Waals surface area (Å²) in [5.41, 5.74) is 7.45. The van der Waals surface area contributed by atoms with Gasteiger partial charge in [-0.15, -0.1) is 0 Å². The first-order valence-corrected chi connectivity index (χ1v) is 7.28. The molecule has 22 heavy (non-hydrogen) atoms. The van der Waals surface area contributed by atoms with Crippen molar-refractivity contribution < 1.29 is 9.18 Å². The highest BCUT2D eigenvalue weighted by Gasteiger charge is 2.35. The van der Waals surface area contributed by atoms with Crippen LogP contribution in [0.3, 0.4) is 0 Å². The van der Waals surface area contributed by atoms with Crippen molar-refractivity contribution in [1.82, 2.24) is 16.2 Å². The van der Waals surface area contributed by atoms with Gasteiger partial charge in [0, 0.05) is 6.04 Å². The largest absolute Gasteiger partial charge is 0.346 e. The summed E-state index contributed by atoms with van der Waals surface area (Å²) >= 11 is 0. The van der Waals surface area contributed by atoms with Crippen molar-refractivity contribution in [2.75, 3.05) is 0 Å². The summed E-state index contributed by atoms with van der Waals surface area (Å²) in [6.45, 7) is 1.97. The molecular weight excluding hydrogens is 281 g/mol. The van der Waals surface area contributed by atoms with E-state index in [1.54, 1.807) is 12.1 Å². The Hall–Kier alpha value is -2.24. The van der Waals surface area contributed by atoms with E-state index in [-0.39, 0.29) is 23.7 Å². The lowest BCUT2D eigenvalue weighted by molar-refractivity contribution is 0.0926. The Morgan fingerprint density at radius 2 is 1.73 bits per heavy atom. The third-order valence-electron chi connectivity index (χ3n) is 3.94. The molecule has 0 spiro atoms. The Kier molecular flexibility index (Phi) is 4.18. The molecule has 2 aromatic rings. The average Bonchev–Trinajstić information content (AvgIpc) is 2.89. The molecule has 3 unspecified atom stereocenters. The Labute approximate surface area is 128 Å². The fraction of sp³-hybridized carbons (Fsp3) is 0.235. The summed E-state index contributed by atoms with van der Waals surface area (Å²) < 4.78 is 13.7. The van der Waals surface area contributed by atoms with Crippen LogP contribution in [0.25, 0.3) is 0 Å². The number of nitrogens with one attached hydrogen (secondary N) is 3. The standard InChI is InChI=1S/C17H18FN3O/c1-11-15(16(21-20-11)12-7-3-2-4-8-12)19-17(22)13-9-5-6-10-14(13)18/h2-11,15-16,20-21H,1H3,(H,19,22). The normalized spacial score (nSPS) is 24.2. The maximum Gasteiger partial charge on any atom is 0.254 e. The Bertz CT molecular complexity index is 662. The van der Waals surface area contributed by atoms with Gasteiger partial charge in [0.25, 0.3) is 5.91 Å². The molecule has 3 atom stereocenters. The molecule has 0 aromatic heterocycles. The Morgan fingerprint density at radius 3 is 2.45 bits per heavy atom. The van der Waals surface area contributed by atoms with Gasteiger partial charge in [-0.05, 0) is 24.6 Å². The van der Waals surface area contributed by atoms with Gasteiger partial charge in [0.15, 0.2) is 0 Å². The zero-order valence-electron chi connectivity index (χ0n) is 12.2. The lowest BCUT2D eigenvalue weighted by atomic mass is 9.97. The maximum absolute atomic E-state index is 13.7. The molecular formula is C17H18FN3O. The monoisotopic (exact) mass is 299 g/mol. The van der Waals surface area contributed by atoms with Crippen LogP contribution in [0.15, 0.2) is 54.6 Å². The summed E-state index contributed by atoms with van der Waals surface area (Å²) in [5.74, 6) is -0.913. The average molecular weight is 299 g/mol. The Balaban J connectivity index is 1.80. The highest BCUT2D eigenvalue weighted by Crippen LogP contribution is 2.23. The lowest BCUT2D eigenvalue weighted by Gasteiger charge is -2.23. The van der Waals surface area contributed by atoms with Crippen LogP contribution in [-0.4, -0.2) is 18.0 Å². The van der Waals surface area contributed by atoms with Crippen LogP contribution in [0, 0.1) is 5.82 Å². The third-order valence-corrected chi connectivity index (χ3v) is 3.94. The van der Waals surface area contributed by atoms with E-state index in [2.05, 4.69) is 16.2 Å². The molecule has 1 aliphatic heterocycles. The summed E-state index contributed by atoms with van der Waals surface area (Å²) in [6.07, 6.45) is 0. The number of carbonyl (C=O) groups is 1. The van der Waals surface area contributed by atoms with E-state index in [0.29, 0.717) is 0 Å². The molecule has 1 heterocycles. The number of hydrogen-bond donors (Lipinski definition) is 3. The van der Waals surface area contributed by atoms with Crippen LogP contribution in [0.4, 0.5) is 4.39 Å². The van der Waals surface area contributed by atoms with E-state index in [1.165, 1.54) is 12.1 Å². The van der Waals surface area contributed by atoms with Gasteiger partial charge < -0.3 is 5.32 Å². The van der Waals surface area contributed by atoms with E-state index < -0.39 is 11.7 Å². The number of halogens is 1.